The molecule has 5 aromatic carbocycles. The summed E-state index contributed by atoms with van der Waals surface area (Å²) >= 11 is 0. The lowest BCUT2D eigenvalue weighted by Gasteiger charge is -2.12. The van der Waals surface area contributed by atoms with Crippen molar-refractivity contribution in [1.29, 1.82) is 0 Å². The molecule has 0 bridgehead atoms. The van der Waals surface area contributed by atoms with E-state index in [2.05, 4.69) is 58.9 Å². The van der Waals surface area contributed by atoms with Gasteiger partial charge in [0.1, 0.15) is 0 Å². The zero-order chi connectivity index (χ0) is 39.6. The van der Waals surface area contributed by atoms with Crippen molar-refractivity contribution in [3.8, 4) is 58.4 Å². The summed E-state index contributed by atoms with van der Waals surface area (Å²) in [6, 6.07) is 42.6. The van der Waals surface area contributed by atoms with Crippen molar-refractivity contribution in [2.45, 2.75) is 13.8 Å². The predicted octanol–water partition coefficient (Wildman–Crippen LogP) is 11.2. The second-order valence-electron chi connectivity index (χ2n) is 13.6. The summed E-state index contributed by atoms with van der Waals surface area (Å²) in [5, 5.41) is 3.03. The van der Waals surface area contributed by atoms with Crippen LogP contribution in [0.4, 0.5) is 0 Å². The molecule has 4 heterocycles. The van der Waals surface area contributed by atoms with Crippen molar-refractivity contribution < 1.29 is 0 Å². The largest absolute Gasteiger partial charge is 0.282 e. The summed E-state index contributed by atoms with van der Waals surface area (Å²) < 4.78 is 4.23. The van der Waals surface area contributed by atoms with E-state index in [1.807, 2.05) is 134 Å². The second kappa shape index (κ2) is 15.3. The summed E-state index contributed by atoms with van der Waals surface area (Å²) in [5.41, 5.74) is 7.95. The minimum absolute atomic E-state index is 0.409. The normalized spacial score (nSPS) is 12.0. The van der Waals surface area contributed by atoms with Crippen LogP contribution in [0, 0.1) is 19.3 Å². The van der Waals surface area contributed by atoms with Gasteiger partial charge in [-0.3, -0.25) is 9.13 Å². The summed E-state index contributed by atoms with van der Waals surface area (Å²) in [5.74, 6) is 5.86. The molecule has 0 saturated heterocycles. The molecule has 0 amide bonds. The summed E-state index contributed by atoms with van der Waals surface area (Å²) in [6.07, 6.45) is 17.5. The monoisotopic (exact) mass is 748 g/mol. The predicted molar refractivity (Wildman–Crippen MR) is 236 cm³/mol. The lowest BCUT2D eigenvalue weighted by Crippen LogP contribution is -2.08. The highest BCUT2D eigenvalue weighted by atomic mass is 15.2. The topological polar surface area (TPSA) is 87.2 Å². The quantitative estimate of drug-likeness (QED) is 0.108. The van der Waals surface area contributed by atoms with Crippen LogP contribution >= 0.6 is 0 Å². The molecular formula is C50H36N8. The smallest absolute Gasteiger partial charge is 0.238 e. The lowest BCUT2D eigenvalue weighted by molar-refractivity contribution is 0.906. The van der Waals surface area contributed by atoms with E-state index in [1.54, 1.807) is 6.08 Å². The molecule has 0 spiro atoms. The van der Waals surface area contributed by atoms with Crippen LogP contribution in [0.15, 0.2) is 164 Å². The van der Waals surface area contributed by atoms with Gasteiger partial charge in [0.2, 0.25) is 11.9 Å². The van der Waals surface area contributed by atoms with Gasteiger partial charge in [-0.2, -0.15) is 19.9 Å². The van der Waals surface area contributed by atoms with Gasteiger partial charge in [-0.15, -0.1) is 6.42 Å². The molecular weight excluding hydrogens is 713 g/mol. The van der Waals surface area contributed by atoms with E-state index in [0.29, 0.717) is 40.8 Å². The van der Waals surface area contributed by atoms with E-state index in [1.165, 1.54) is 0 Å². The van der Waals surface area contributed by atoms with Crippen LogP contribution in [-0.4, -0.2) is 39.0 Å². The van der Waals surface area contributed by atoms with Gasteiger partial charge < -0.3 is 0 Å². The number of rotatable bonds is 9. The molecule has 0 aliphatic rings. The van der Waals surface area contributed by atoms with Crippen molar-refractivity contribution in [2.24, 2.45) is 0 Å². The Balaban J connectivity index is 1.36. The van der Waals surface area contributed by atoms with Gasteiger partial charge in [0.25, 0.3) is 0 Å². The van der Waals surface area contributed by atoms with E-state index < -0.39 is 0 Å². The zero-order valence-corrected chi connectivity index (χ0v) is 32.0. The van der Waals surface area contributed by atoms with E-state index in [9.17, 15) is 0 Å². The first-order valence-corrected chi connectivity index (χ1v) is 18.9. The Morgan fingerprint density at radius 1 is 0.586 bits per heavy atom. The molecule has 0 unspecified atom stereocenters. The Morgan fingerprint density at radius 2 is 1.12 bits per heavy atom. The number of para-hydroxylation sites is 1. The van der Waals surface area contributed by atoms with Gasteiger partial charge in [-0.05, 0) is 38.1 Å². The van der Waals surface area contributed by atoms with Gasteiger partial charge in [0.15, 0.2) is 23.3 Å². The molecule has 0 saturated carbocycles. The number of aromatic nitrogens is 8. The van der Waals surface area contributed by atoms with Gasteiger partial charge in [-0.25, -0.2) is 9.97 Å². The minimum atomic E-state index is 0.409. The van der Waals surface area contributed by atoms with Crippen LogP contribution in [0.1, 0.15) is 24.0 Å². The molecule has 0 radical (unpaired) electrons. The molecule has 9 aromatic rings. The molecule has 0 aliphatic carbocycles. The van der Waals surface area contributed by atoms with E-state index in [0.717, 1.165) is 60.7 Å². The average molecular weight is 749 g/mol. The first kappa shape index (κ1) is 35.7. The summed E-state index contributed by atoms with van der Waals surface area (Å²) in [7, 11) is 0. The Kier molecular flexibility index (Phi) is 9.38. The molecule has 276 valence electrons. The number of nitrogens with zero attached hydrogens (tertiary/aromatic N) is 8. The molecule has 0 aliphatic heterocycles. The van der Waals surface area contributed by atoms with Crippen molar-refractivity contribution in [3.63, 3.8) is 0 Å². The highest BCUT2D eigenvalue weighted by Crippen LogP contribution is 2.39. The number of hydrogen-bond acceptors (Lipinski definition) is 6. The van der Waals surface area contributed by atoms with E-state index in [-0.39, 0.29) is 0 Å². The van der Waals surface area contributed by atoms with Gasteiger partial charge in [0.05, 0.1) is 22.1 Å². The molecule has 8 nitrogen and oxygen atoms in total. The second-order valence-corrected chi connectivity index (χ2v) is 13.6. The fourth-order valence-corrected chi connectivity index (χ4v) is 7.33. The van der Waals surface area contributed by atoms with Gasteiger partial charge in [-0.1, -0.05) is 152 Å². The Bertz CT molecular complexity index is 3090. The number of hydrogen-bond donors (Lipinski definition) is 0. The standard InChI is InChI=1S/C50H36N8/c1-5-8-21-34(7-3)45-51-46(35-22-13-10-14-23-35)56-50(53-45)58-42-30-20-19-29-39(42)41-32-43-40(31-44(41)58)38(28-9-6-2)33(4)57(43)49-54-47(36-24-15-11-16-25-36)52-48(55-49)37-26-17-12-18-27-37/h3,5-6,8-32H,2H2,1,4H3/b8-5-,28-9-,34-21+. The minimum Gasteiger partial charge on any atom is -0.282 e. The average Bonchev–Trinajstić information content (AvgIpc) is 3.75. The molecule has 0 N–H and O–H groups in total. The third kappa shape index (κ3) is 6.37. The van der Waals surface area contributed by atoms with Crippen molar-refractivity contribution in [1.82, 2.24) is 39.0 Å². The first-order valence-electron chi connectivity index (χ1n) is 18.9. The van der Waals surface area contributed by atoms with Gasteiger partial charge >= 0.3 is 0 Å². The van der Waals surface area contributed by atoms with Crippen molar-refractivity contribution in [3.05, 3.63) is 181 Å². The van der Waals surface area contributed by atoms with Gasteiger partial charge in [0, 0.05) is 44.1 Å². The van der Waals surface area contributed by atoms with Crippen LogP contribution < -0.4 is 0 Å². The Labute approximate surface area is 336 Å². The summed E-state index contributed by atoms with van der Waals surface area (Å²) in [6.45, 7) is 8.01. The van der Waals surface area contributed by atoms with Crippen LogP contribution in [-0.2, 0) is 0 Å². The maximum absolute atomic E-state index is 6.06. The number of benzene rings is 5. The Hall–Kier alpha value is -8.02. The number of terminal acetylenes is 1. The van der Waals surface area contributed by atoms with Crippen molar-refractivity contribution in [2.75, 3.05) is 0 Å². The maximum Gasteiger partial charge on any atom is 0.238 e. The third-order valence-electron chi connectivity index (χ3n) is 10.0. The molecule has 0 atom stereocenters. The highest BCUT2D eigenvalue weighted by molar-refractivity contribution is 6.14. The molecule has 0 fully saturated rings. The molecule has 9 rings (SSSR count). The van der Waals surface area contributed by atoms with Crippen LogP contribution in [0.25, 0.3) is 90.4 Å². The summed E-state index contributed by atoms with van der Waals surface area (Å²) in [4.78, 5) is 30.3. The number of allylic oxidation sites excluding steroid dienone is 6. The fourth-order valence-electron chi connectivity index (χ4n) is 7.33. The third-order valence-corrected chi connectivity index (χ3v) is 10.0. The first-order chi connectivity index (χ1) is 28.6. The zero-order valence-electron chi connectivity index (χ0n) is 32.0. The Morgan fingerprint density at radius 3 is 1.71 bits per heavy atom. The highest BCUT2D eigenvalue weighted by Gasteiger charge is 2.23. The SMILES string of the molecule is C#C/C(=C\C=C/C)c1nc(-c2ccccc2)nc(-n2c3ccccc3c3cc4c(cc32)c(/C=C\C=C)c(C)n4-c2nc(-c3ccccc3)nc(-c3ccccc3)n2)n1. The molecule has 58 heavy (non-hydrogen) atoms. The molecule has 8 heteroatoms. The maximum atomic E-state index is 6.06. The van der Waals surface area contributed by atoms with Crippen LogP contribution in [0.5, 0.6) is 0 Å². The van der Waals surface area contributed by atoms with E-state index in [4.69, 9.17) is 36.3 Å². The van der Waals surface area contributed by atoms with E-state index >= 15 is 0 Å². The fraction of sp³-hybridized carbons (Fsp3) is 0.0400. The van der Waals surface area contributed by atoms with Crippen molar-refractivity contribution >= 4 is 44.4 Å². The number of fused-ring (bicyclic) bond motifs is 4. The van der Waals surface area contributed by atoms with Crippen LogP contribution in [0.3, 0.4) is 0 Å². The lowest BCUT2D eigenvalue weighted by atomic mass is 10.1. The van der Waals surface area contributed by atoms with Crippen LogP contribution in [0.2, 0.25) is 0 Å². The molecule has 4 aromatic heterocycles.